The van der Waals surface area contributed by atoms with Crippen LogP contribution in [0.5, 0.6) is 23.0 Å². The van der Waals surface area contributed by atoms with E-state index in [1.807, 2.05) is 0 Å². The largest absolute Gasteiger partial charge is 0.508 e. The quantitative estimate of drug-likeness (QED) is 0.444. The smallest absolute Gasteiger partial charge is 0.157 e. The highest BCUT2D eigenvalue weighted by Crippen LogP contribution is 2.40. The van der Waals surface area contributed by atoms with E-state index in [2.05, 4.69) is 5.32 Å². The highest BCUT2D eigenvalue weighted by atomic mass is 16.3. The van der Waals surface area contributed by atoms with Crippen LogP contribution < -0.4 is 5.32 Å². The van der Waals surface area contributed by atoms with Gasteiger partial charge in [0.05, 0.1) is 12.1 Å². The summed E-state index contributed by atoms with van der Waals surface area (Å²) in [6.45, 7) is 0. The minimum atomic E-state index is -0.822. The van der Waals surface area contributed by atoms with Gasteiger partial charge in [-0.3, -0.25) is 0 Å². The van der Waals surface area contributed by atoms with E-state index >= 15 is 0 Å². The predicted molar refractivity (Wildman–Crippen MR) is 75.6 cm³/mol. The summed E-state index contributed by atoms with van der Waals surface area (Å²) in [7, 11) is 0. The summed E-state index contributed by atoms with van der Waals surface area (Å²) >= 11 is 0. The average Bonchev–Trinajstić information content (AvgIpc) is 2.42. The van der Waals surface area contributed by atoms with Gasteiger partial charge in [0.2, 0.25) is 0 Å². The van der Waals surface area contributed by atoms with E-state index in [0.29, 0.717) is 16.8 Å². The summed E-state index contributed by atoms with van der Waals surface area (Å²) in [5.74, 6) is -0.670. The standard InChI is InChI=1S/C15H15NO5/c17-8-4-10-9(12(19)5-8)6-14(21)15(16-10)7-1-2-11(18)13(20)3-7/h1-5,14-21H,6H2/t14-,15+/m0/s1. The van der Waals surface area contributed by atoms with Gasteiger partial charge in [0.25, 0.3) is 0 Å². The molecular weight excluding hydrogens is 274 g/mol. The lowest BCUT2D eigenvalue weighted by Crippen LogP contribution is -2.32. The third kappa shape index (κ3) is 2.30. The van der Waals surface area contributed by atoms with Crippen LogP contribution in [0.25, 0.3) is 0 Å². The molecule has 6 N–H and O–H groups in total. The maximum atomic E-state index is 10.2. The number of aliphatic hydroxyl groups is 1. The number of hydrogen-bond acceptors (Lipinski definition) is 6. The number of anilines is 1. The number of nitrogens with one attached hydrogen (secondary N) is 1. The zero-order valence-electron chi connectivity index (χ0n) is 11.0. The molecule has 0 aromatic heterocycles. The van der Waals surface area contributed by atoms with Gasteiger partial charge >= 0.3 is 0 Å². The van der Waals surface area contributed by atoms with Crippen molar-refractivity contribution < 1.29 is 25.5 Å². The van der Waals surface area contributed by atoms with E-state index in [1.165, 1.54) is 24.3 Å². The number of phenolic OH excluding ortho intramolecular Hbond substituents is 4. The molecule has 0 radical (unpaired) electrons. The van der Waals surface area contributed by atoms with Crippen LogP contribution >= 0.6 is 0 Å². The summed E-state index contributed by atoms with van der Waals surface area (Å²) in [5.41, 5.74) is 1.64. The summed E-state index contributed by atoms with van der Waals surface area (Å²) in [4.78, 5) is 0. The molecule has 1 aliphatic heterocycles. The molecule has 21 heavy (non-hydrogen) atoms. The highest BCUT2D eigenvalue weighted by Gasteiger charge is 2.30. The lowest BCUT2D eigenvalue weighted by Gasteiger charge is -2.32. The summed E-state index contributed by atoms with van der Waals surface area (Å²) in [6.07, 6.45) is -0.613. The normalized spacial score (nSPS) is 20.6. The average molecular weight is 289 g/mol. The van der Waals surface area contributed by atoms with Crippen molar-refractivity contribution >= 4 is 5.69 Å². The molecule has 2 aromatic carbocycles. The van der Waals surface area contributed by atoms with Crippen LogP contribution in [-0.4, -0.2) is 31.6 Å². The van der Waals surface area contributed by atoms with Gasteiger partial charge in [-0.05, 0) is 17.7 Å². The third-order valence-electron chi connectivity index (χ3n) is 3.68. The Morgan fingerprint density at radius 1 is 0.905 bits per heavy atom. The molecule has 0 aliphatic carbocycles. The molecule has 3 rings (SSSR count). The Hall–Kier alpha value is -2.60. The summed E-state index contributed by atoms with van der Waals surface area (Å²) in [5, 5.41) is 51.5. The van der Waals surface area contributed by atoms with Gasteiger partial charge in [-0.15, -0.1) is 0 Å². The fourth-order valence-corrected chi connectivity index (χ4v) is 2.62. The molecule has 6 nitrogen and oxygen atoms in total. The maximum Gasteiger partial charge on any atom is 0.157 e. The molecule has 110 valence electrons. The Morgan fingerprint density at radius 3 is 2.38 bits per heavy atom. The maximum absolute atomic E-state index is 10.2. The number of rotatable bonds is 1. The lowest BCUT2D eigenvalue weighted by molar-refractivity contribution is 0.147. The van der Waals surface area contributed by atoms with Crippen molar-refractivity contribution in [1.29, 1.82) is 0 Å². The van der Waals surface area contributed by atoms with E-state index in [9.17, 15) is 25.5 Å². The van der Waals surface area contributed by atoms with E-state index in [0.717, 1.165) is 0 Å². The third-order valence-corrected chi connectivity index (χ3v) is 3.68. The van der Waals surface area contributed by atoms with Crippen LogP contribution in [0.3, 0.4) is 0 Å². The van der Waals surface area contributed by atoms with Crippen LogP contribution in [0.4, 0.5) is 5.69 Å². The number of aliphatic hydroxyl groups excluding tert-OH is 1. The zero-order valence-corrected chi connectivity index (χ0v) is 11.0. The van der Waals surface area contributed by atoms with Crippen molar-refractivity contribution in [3.05, 3.63) is 41.5 Å². The lowest BCUT2D eigenvalue weighted by atomic mass is 9.90. The van der Waals surface area contributed by atoms with Crippen LogP contribution in [0, 0.1) is 0 Å². The monoisotopic (exact) mass is 289 g/mol. The van der Waals surface area contributed by atoms with Crippen LogP contribution in [0.15, 0.2) is 30.3 Å². The molecule has 0 saturated heterocycles. The van der Waals surface area contributed by atoms with Gasteiger partial charge < -0.3 is 30.8 Å². The Morgan fingerprint density at radius 2 is 1.67 bits per heavy atom. The Balaban J connectivity index is 2.00. The molecule has 0 fully saturated rings. The van der Waals surface area contributed by atoms with Gasteiger partial charge in [0.15, 0.2) is 11.5 Å². The van der Waals surface area contributed by atoms with Crippen molar-refractivity contribution in [2.75, 3.05) is 5.32 Å². The molecule has 0 saturated carbocycles. The van der Waals surface area contributed by atoms with Crippen molar-refractivity contribution in [3.63, 3.8) is 0 Å². The summed E-state index contributed by atoms with van der Waals surface area (Å²) < 4.78 is 0. The Kier molecular flexibility index (Phi) is 3.03. The van der Waals surface area contributed by atoms with E-state index in [4.69, 9.17) is 0 Å². The first-order valence-corrected chi connectivity index (χ1v) is 6.47. The van der Waals surface area contributed by atoms with E-state index in [-0.39, 0.29) is 29.4 Å². The minimum Gasteiger partial charge on any atom is -0.508 e. The van der Waals surface area contributed by atoms with Crippen molar-refractivity contribution in [1.82, 2.24) is 0 Å². The van der Waals surface area contributed by atoms with Gasteiger partial charge in [0.1, 0.15) is 11.5 Å². The van der Waals surface area contributed by atoms with Crippen LogP contribution in [0.2, 0.25) is 0 Å². The fraction of sp³-hybridized carbons (Fsp3) is 0.200. The second kappa shape index (κ2) is 4.75. The number of aromatic hydroxyl groups is 4. The topological polar surface area (TPSA) is 113 Å². The number of hydrogen-bond donors (Lipinski definition) is 6. The first kappa shape index (κ1) is 13.4. The molecule has 1 heterocycles. The molecule has 0 bridgehead atoms. The molecule has 2 atom stereocenters. The second-order valence-electron chi connectivity index (χ2n) is 5.13. The molecule has 0 unspecified atom stereocenters. The molecule has 6 heteroatoms. The first-order chi connectivity index (χ1) is 9.95. The minimum absolute atomic E-state index is 0.0800. The van der Waals surface area contributed by atoms with Crippen molar-refractivity contribution in [2.45, 2.75) is 18.6 Å². The molecular formula is C15H15NO5. The number of phenols is 4. The number of fused-ring (bicyclic) bond motifs is 1. The Bertz CT molecular complexity index is 701. The van der Waals surface area contributed by atoms with E-state index < -0.39 is 12.1 Å². The molecule has 0 amide bonds. The zero-order chi connectivity index (χ0) is 15.1. The van der Waals surface area contributed by atoms with Crippen LogP contribution in [0.1, 0.15) is 17.2 Å². The number of benzene rings is 2. The fourth-order valence-electron chi connectivity index (χ4n) is 2.62. The summed E-state index contributed by atoms with van der Waals surface area (Å²) in [6, 6.07) is 6.46. The van der Waals surface area contributed by atoms with Crippen molar-refractivity contribution in [3.8, 4) is 23.0 Å². The molecule has 2 aromatic rings. The SMILES string of the molecule is Oc1cc(O)c2c(c1)N[C@H](c1ccc(O)c(O)c1)[C@@H](O)C2. The van der Waals surface area contributed by atoms with Gasteiger partial charge in [0, 0.05) is 29.8 Å². The van der Waals surface area contributed by atoms with Crippen LogP contribution in [-0.2, 0) is 6.42 Å². The highest BCUT2D eigenvalue weighted by molar-refractivity contribution is 5.64. The Labute approximate surface area is 120 Å². The van der Waals surface area contributed by atoms with Gasteiger partial charge in [-0.25, -0.2) is 0 Å². The van der Waals surface area contributed by atoms with Crippen molar-refractivity contribution in [2.24, 2.45) is 0 Å². The predicted octanol–water partition coefficient (Wildman–Crippen LogP) is 1.58. The van der Waals surface area contributed by atoms with Gasteiger partial charge in [-0.1, -0.05) is 6.07 Å². The molecule has 1 aliphatic rings. The molecule has 0 spiro atoms. The second-order valence-corrected chi connectivity index (χ2v) is 5.13. The van der Waals surface area contributed by atoms with E-state index in [1.54, 1.807) is 6.07 Å². The van der Waals surface area contributed by atoms with Gasteiger partial charge in [-0.2, -0.15) is 0 Å². The first-order valence-electron chi connectivity index (χ1n) is 6.47.